The standard InChI is InChI=1S/C16H22N6O/c1-3-10-17-14-19-15(18-12-8-6-5-7-9-12)21-16(20-14)22-11-13(22)23-4-2/h5-9,13H,3-4,10-11H2,1-2H3,(H2,17,18,19,20,21). The van der Waals surface area contributed by atoms with Crippen molar-refractivity contribution >= 4 is 23.5 Å². The molecule has 1 atom stereocenters. The summed E-state index contributed by atoms with van der Waals surface area (Å²) in [6.07, 6.45) is 1.08. The fraction of sp³-hybridized carbons (Fsp3) is 0.438. The van der Waals surface area contributed by atoms with Gasteiger partial charge in [-0.2, -0.15) is 15.0 Å². The molecule has 1 saturated heterocycles. The molecule has 0 radical (unpaired) electrons. The van der Waals surface area contributed by atoms with E-state index in [-0.39, 0.29) is 6.23 Å². The summed E-state index contributed by atoms with van der Waals surface area (Å²) in [5.41, 5.74) is 0.943. The van der Waals surface area contributed by atoms with E-state index in [2.05, 4.69) is 32.5 Å². The van der Waals surface area contributed by atoms with Crippen LogP contribution in [0, 0.1) is 0 Å². The minimum absolute atomic E-state index is 0.0750. The first-order valence-electron chi connectivity index (χ1n) is 8.00. The third-order valence-corrected chi connectivity index (χ3v) is 3.37. The Hall–Kier alpha value is -2.41. The number of anilines is 4. The molecule has 1 aromatic heterocycles. The molecule has 122 valence electrons. The lowest BCUT2D eigenvalue weighted by molar-refractivity contribution is 0.136. The van der Waals surface area contributed by atoms with Gasteiger partial charge in [0.05, 0.1) is 6.54 Å². The summed E-state index contributed by atoms with van der Waals surface area (Å²) < 4.78 is 5.58. The van der Waals surface area contributed by atoms with Crippen molar-refractivity contribution in [2.75, 3.05) is 35.2 Å². The van der Waals surface area contributed by atoms with Crippen molar-refractivity contribution in [2.24, 2.45) is 0 Å². The van der Waals surface area contributed by atoms with E-state index in [9.17, 15) is 0 Å². The van der Waals surface area contributed by atoms with Crippen LogP contribution in [0.3, 0.4) is 0 Å². The molecule has 0 spiro atoms. The Labute approximate surface area is 136 Å². The third kappa shape index (κ3) is 4.07. The van der Waals surface area contributed by atoms with Crippen LogP contribution < -0.4 is 15.5 Å². The second kappa shape index (κ2) is 7.23. The van der Waals surface area contributed by atoms with Crippen molar-refractivity contribution in [3.63, 3.8) is 0 Å². The molecule has 1 fully saturated rings. The van der Waals surface area contributed by atoms with Crippen LogP contribution in [-0.4, -0.2) is 40.9 Å². The summed E-state index contributed by atoms with van der Waals surface area (Å²) in [6.45, 7) is 6.41. The Bertz CT molecular complexity index is 636. The Morgan fingerprint density at radius 3 is 2.65 bits per heavy atom. The van der Waals surface area contributed by atoms with Crippen LogP contribution in [-0.2, 0) is 4.74 Å². The SMILES string of the molecule is CCCNc1nc(Nc2ccccc2)nc(N2CC2OCC)n1. The average Bonchev–Trinajstić information content (AvgIpc) is 3.33. The Kier molecular flexibility index (Phi) is 4.87. The van der Waals surface area contributed by atoms with Crippen molar-refractivity contribution in [1.29, 1.82) is 0 Å². The lowest BCUT2D eigenvalue weighted by Crippen LogP contribution is -2.12. The van der Waals surface area contributed by atoms with Gasteiger partial charge in [0.2, 0.25) is 17.8 Å². The van der Waals surface area contributed by atoms with E-state index in [0.717, 1.165) is 25.2 Å². The van der Waals surface area contributed by atoms with Gasteiger partial charge in [-0.1, -0.05) is 25.1 Å². The van der Waals surface area contributed by atoms with Gasteiger partial charge in [0, 0.05) is 18.8 Å². The van der Waals surface area contributed by atoms with Crippen LogP contribution >= 0.6 is 0 Å². The molecule has 2 heterocycles. The van der Waals surface area contributed by atoms with Crippen molar-refractivity contribution in [3.05, 3.63) is 30.3 Å². The number of benzene rings is 1. The topological polar surface area (TPSA) is 75.0 Å². The lowest BCUT2D eigenvalue weighted by atomic mass is 10.3. The number of aromatic nitrogens is 3. The maximum absolute atomic E-state index is 5.58. The number of rotatable bonds is 8. The van der Waals surface area contributed by atoms with Gasteiger partial charge in [-0.3, -0.25) is 0 Å². The molecule has 3 rings (SSSR count). The molecular weight excluding hydrogens is 292 g/mol. The zero-order chi connectivity index (χ0) is 16.1. The van der Waals surface area contributed by atoms with Crippen LogP contribution in [0.4, 0.5) is 23.5 Å². The normalized spacial score (nSPS) is 16.3. The maximum atomic E-state index is 5.58. The van der Waals surface area contributed by atoms with Crippen LogP contribution in [0.5, 0.6) is 0 Å². The van der Waals surface area contributed by atoms with Crippen LogP contribution in [0.2, 0.25) is 0 Å². The summed E-state index contributed by atoms with van der Waals surface area (Å²) in [6, 6.07) is 9.86. The van der Waals surface area contributed by atoms with Crippen LogP contribution in [0.25, 0.3) is 0 Å². The van der Waals surface area contributed by atoms with E-state index in [0.29, 0.717) is 24.5 Å². The summed E-state index contributed by atoms with van der Waals surface area (Å²) >= 11 is 0. The average molecular weight is 314 g/mol. The first kappa shape index (κ1) is 15.5. The second-order valence-corrected chi connectivity index (χ2v) is 5.26. The van der Waals surface area contributed by atoms with Gasteiger partial charge in [0.15, 0.2) is 0 Å². The maximum Gasteiger partial charge on any atom is 0.234 e. The second-order valence-electron chi connectivity index (χ2n) is 5.26. The van der Waals surface area contributed by atoms with Gasteiger partial charge in [0.25, 0.3) is 0 Å². The minimum atomic E-state index is 0.0750. The molecule has 2 aromatic rings. The third-order valence-electron chi connectivity index (χ3n) is 3.37. The van der Waals surface area contributed by atoms with Gasteiger partial charge < -0.3 is 20.3 Å². The molecule has 1 unspecified atom stereocenters. The predicted molar refractivity (Wildman–Crippen MR) is 91.1 cm³/mol. The van der Waals surface area contributed by atoms with E-state index in [1.807, 2.05) is 42.2 Å². The first-order valence-corrected chi connectivity index (χ1v) is 8.00. The summed E-state index contributed by atoms with van der Waals surface area (Å²) in [7, 11) is 0. The van der Waals surface area contributed by atoms with E-state index in [1.165, 1.54) is 0 Å². The van der Waals surface area contributed by atoms with E-state index in [1.54, 1.807) is 0 Å². The monoisotopic (exact) mass is 314 g/mol. The van der Waals surface area contributed by atoms with Crippen molar-refractivity contribution in [2.45, 2.75) is 26.5 Å². The Morgan fingerprint density at radius 2 is 1.91 bits per heavy atom. The molecular formula is C16H22N6O. The zero-order valence-electron chi connectivity index (χ0n) is 13.5. The van der Waals surface area contributed by atoms with E-state index in [4.69, 9.17) is 4.74 Å². The van der Waals surface area contributed by atoms with Crippen molar-refractivity contribution in [3.8, 4) is 0 Å². The molecule has 1 aromatic carbocycles. The molecule has 23 heavy (non-hydrogen) atoms. The van der Waals surface area contributed by atoms with Gasteiger partial charge in [-0.25, -0.2) is 0 Å². The molecule has 0 saturated carbocycles. The number of hydrogen-bond acceptors (Lipinski definition) is 7. The van der Waals surface area contributed by atoms with Crippen molar-refractivity contribution in [1.82, 2.24) is 15.0 Å². The smallest absolute Gasteiger partial charge is 0.234 e. The summed E-state index contributed by atoms with van der Waals surface area (Å²) in [5, 5.41) is 6.44. The number of para-hydroxylation sites is 1. The Balaban J connectivity index is 1.80. The highest BCUT2D eigenvalue weighted by atomic mass is 16.5. The number of ether oxygens (including phenoxy) is 1. The Morgan fingerprint density at radius 1 is 1.13 bits per heavy atom. The fourth-order valence-electron chi connectivity index (χ4n) is 2.18. The largest absolute Gasteiger partial charge is 0.357 e. The molecule has 1 aliphatic heterocycles. The van der Waals surface area contributed by atoms with Crippen molar-refractivity contribution < 1.29 is 4.74 Å². The highest BCUT2D eigenvalue weighted by Crippen LogP contribution is 2.27. The number of nitrogens with one attached hydrogen (secondary N) is 2. The molecule has 1 aliphatic rings. The van der Waals surface area contributed by atoms with Gasteiger partial charge >= 0.3 is 0 Å². The molecule has 7 heteroatoms. The summed E-state index contributed by atoms with van der Waals surface area (Å²) in [5.74, 6) is 1.75. The van der Waals surface area contributed by atoms with Crippen LogP contribution in [0.1, 0.15) is 20.3 Å². The molecule has 2 N–H and O–H groups in total. The summed E-state index contributed by atoms with van der Waals surface area (Å²) in [4.78, 5) is 15.4. The van der Waals surface area contributed by atoms with Crippen LogP contribution in [0.15, 0.2) is 30.3 Å². The van der Waals surface area contributed by atoms with Gasteiger partial charge in [-0.15, -0.1) is 0 Å². The number of hydrogen-bond donors (Lipinski definition) is 2. The molecule has 7 nitrogen and oxygen atoms in total. The molecule has 0 bridgehead atoms. The predicted octanol–water partition coefficient (Wildman–Crippen LogP) is 2.62. The highest BCUT2D eigenvalue weighted by molar-refractivity contribution is 5.56. The van der Waals surface area contributed by atoms with Gasteiger partial charge in [0.1, 0.15) is 6.23 Å². The minimum Gasteiger partial charge on any atom is -0.357 e. The highest BCUT2D eigenvalue weighted by Gasteiger charge is 2.37. The quantitative estimate of drug-likeness (QED) is 0.725. The fourth-order valence-corrected chi connectivity index (χ4v) is 2.18. The first-order chi connectivity index (χ1) is 11.3. The van der Waals surface area contributed by atoms with Gasteiger partial charge in [-0.05, 0) is 25.5 Å². The molecule has 0 aliphatic carbocycles. The molecule has 0 amide bonds. The van der Waals surface area contributed by atoms with E-state index >= 15 is 0 Å². The van der Waals surface area contributed by atoms with E-state index < -0.39 is 0 Å². The zero-order valence-corrected chi connectivity index (χ0v) is 13.5. The lowest BCUT2D eigenvalue weighted by Gasteiger charge is -2.11. The number of nitrogens with zero attached hydrogens (tertiary/aromatic N) is 4.